The molecule has 0 spiro atoms. The van der Waals surface area contributed by atoms with E-state index in [1.54, 1.807) is 48.7 Å². The Hall–Kier alpha value is -2.72. The number of imidazole rings is 1. The first-order valence-corrected chi connectivity index (χ1v) is 13.8. The second kappa shape index (κ2) is 10.3. The molecule has 0 saturated heterocycles. The highest BCUT2D eigenvalue weighted by atomic mass is 35.5. The molecule has 3 aromatic carbocycles. The van der Waals surface area contributed by atoms with Crippen molar-refractivity contribution in [3.63, 3.8) is 0 Å². The number of halogens is 3. The van der Waals surface area contributed by atoms with Gasteiger partial charge in [-0.2, -0.15) is 0 Å². The van der Waals surface area contributed by atoms with Gasteiger partial charge in [0.2, 0.25) is 10.0 Å². The highest BCUT2D eigenvalue weighted by Crippen LogP contribution is 2.37. The van der Waals surface area contributed by atoms with E-state index in [1.807, 2.05) is 18.4 Å². The third-order valence-corrected chi connectivity index (χ3v) is 8.77. The molecule has 5 nitrogen and oxygen atoms in total. The van der Waals surface area contributed by atoms with Crippen LogP contribution in [-0.2, 0) is 21.2 Å². The first-order valence-electron chi connectivity index (χ1n) is 11.0. The monoisotopic (exact) mass is 547 g/mol. The Kier molecular flexibility index (Phi) is 7.56. The summed E-state index contributed by atoms with van der Waals surface area (Å²) in [4.78, 5) is 4.82. The Morgan fingerprint density at radius 1 is 1.00 bits per heavy atom. The van der Waals surface area contributed by atoms with Crippen molar-refractivity contribution in [2.45, 2.75) is 35.1 Å². The normalized spacial score (nSPS) is 12.2. The predicted molar refractivity (Wildman–Crippen MR) is 139 cm³/mol. The molecule has 0 amide bonds. The SMILES string of the molecule is CNS(=O)(=O)c1ccc(C(C)(C)c2cnc(SCc3ccc(F)cc3Cl)n2-c2ccc(F)cc2)cc1. The fraction of sp³-hybridized carbons (Fsp3) is 0.192. The van der Waals surface area contributed by atoms with Crippen molar-refractivity contribution in [1.82, 2.24) is 14.3 Å². The van der Waals surface area contributed by atoms with E-state index in [-0.39, 0.29) is 10.7 Å². The van der Waals surface area contributed by atoms with E-state index in [4.69, 9.17) is 11.6 Å². The molecule has 4 rings (SSSR count). The van der Waals surface area contributed by atoms with Gasteiger partial charge >= 0.3 is 0 Å². The van der Waals surface area contributed by atoms with Crippen LogP contribution in [0.15, 0.2) is 83.0 Å². The number of nitrogens with zero attached hydrogens (tertiary/aromatic N) is 2. The molecule has 1 heterocycles. The number of sulfonamides is 1. The van der Waals surface area contributed by atoms with Gasteiger partial charge in [0.05, 0.1) is 16.8 Å². The van der Waals surface area contributed by atoms with Crippen LogP contribution < -0.4 is 4.72 Å². The summed E-state index contributed by atoms with van der Waals surface area (Å²) in [5.74, 6) is -0.305. The quantitative estimate of drug-likeness (QED) is 0.262. The van der Waals surface area contributed by atoms with Crippen molar-refractivity contribution in [2.75, 3.05) is 7.05 Å². The summed E-state index contributed by atoms with van der Waals surface area (Å²) in [6.07, 6.45) is 1.76. The van der Waals surface area contributed by atoms with Gasteiger partial charge in [-0.3, -0.25) is 4.57 Å². The highest BCUT2D eigenvalue weighted by Gasteiger charge is 2.30. The van der Waals surface area contributed by atoms with Crippen LogP contribution in [0.5, 0.6) is 0 Å². The molecule has 1 N–H and O–H groups in total. The van der Waals surface area contributed by atoms with E-state index in [9.17, 15) is 17.2 Å². The van der Waals surface area contributed by atoms with Gasteiger partial charge in [0.25, 0.3) is 0 Å². The Morgan fingerprint density at radius 3 is 2.25 bits per heavy atom. The molecule has 0 atom stereocenters. The summed E-state index contributed by atoms with van der Waals surface area (Å²) >= 11 is 7.64. The average Bonchev–Trinajstić information content (AvgIpc) is 3.29. The first kappa shape index (κ1) is 26.3. The number of hydrogen-bond acceptors (Lipinski definition) is 4. The van der Waals surface area contributed by atoms with E-state index in [1.165, 1.54) is 43.1 Å². The molecule has 0 saturated carbocycles. The van der Waals surface area contributed by atoms with Crippen LogP contribution in [0.1, 0.15) is 30.7 Å². The molecule has 0 aliphatic carbocycles. The molecule has 0 bridgehead atoms. The Labute approximate surface area is 218 Å². The first-order chi connectivity index (χ1) is 17.0. The molecule has 1 aromatic heterocycles. The summed E-state index contributed by atoms with van der Waals surface area (Å²) in [6, 6.07) is 17.1. The third-order valence-electron chi connectivity index (χ3n) is 5.98. The molecule has 0 unspecified atom stereocenters. The van der Waals surface area contributed by atoms with Gasteiger partial charge in [-0.05, 0) is 66.7 Å². The smallest absolute Gasteiger partial charge is 0.240 e. The van der Waals surface area contributed by atoms with Gasteiger partial charge in [-0.15, -0.1) is 0 Å². The molecule has 0 aliphatic rings. The summed E-state index contributed by atoms with van der Waals surface area (Å²) in [7, 11) is -2.19. The number of hydrogen-bond donors (Lipinski definition) is 1. The summed E-state index contributed by atoms with van der Waals surface area (Å²) in [5.41, 5.74) is 2.60. The number of nitrogens with one attached hydrogen (secondary N) is 1. The molecule has 188 valence electrons. The Morgan fingerprint density at radius 2 is 1.64 bits per heavy atom. The van der Waals surface area contributed by atoms with E-state index in [2.05, 4.69) is 9.71 Å². The predicted octanol–water partition coefficient (Wildman–Crippen LogP) is 6.33. The Balaban J connectivity index is 1.75. The van der Waals surface area contributed by atoms with Crippen LogP contribution in [0.2, 0.25) is 5.02 Å². The maximum absolute atomic E-state index is 13.7. The van der Waals surface area contributed by atoms with E-state index in [0.717, 1.165) is 22.5 Å². The minimum absolute atomic E-state index is 0.170. The minimum atomic E-state index is -3.56. The maximum atomic E-state index is 13.7. The van der Waals surface area contributed by atoms with Crippen LogP contribution in [0.3, 0.4) is 0 Å². The number of aromatic nitrogens is 2. The van der Waals surface area contributed by atoms with Crippen LogP contribution in [0.25, 0.3) is 5.69 Å². The van der Waals surface area contributed by atoms with Crippen molar-refractivity contribution in [3.8, 4) is 5.69 Å². The molecule has 0 aliphatic heterocycles. The van der Waals surface area contributed by atoms with Gasteiger partial charge in [-0.1, -0.05) is 55.4 Å². The summed E-state index contributed by atoms with van der Waals surface area (Å²) < 4.78 is 55.7. The van der Waals surface area contributed by atoms with Gasteiger partial charge < -0.3 is 0 Å². The van der Waals surface area contributed by atoms with Crippen LogP contribution in [0, 0.1) is 11.6 Å². The largest absolute Gasteiger partial charge is 0.291 e. The average molecular weight is 548 g/mol. The van der Waals surface area contributed by atoms with Gasteiger partial charge in [-0.25, -0.2) is 26.9 Å². The fourth-order valence-electron chi connectivity index (χ4n) is 3.81. The topological polar surface area (TPSA) is 64.0 Å². The lowest BCUT2D eigenvalue weighted by molar-refractivity contribution is 0.584. The highest BCUT2D eigenvalue weighted by molar-refractivity contribution is 7.98. The molecule has 36 heavy (non-hydrogen) atoms. The lowest BCUT2D eigenvalue weighted by Gasteiger charge is -2.27. The molecular formula is C26H24ClF2N3O2S2. The number of thioether (sulfide) groups is 1. The van der Waals surface area contributed by atoms with Crippen molar-refractivity contribution < 1.29 is 17.2 Å². The van der Waals surface area contributed by atoms with Crippen LogP contribution >= 0.6 is 23.4 Å². The second-order valence-corrected chi connectivity index (χ2v) is 11.9. The zero-order valence-corrected chi connectivity index (χ0v) is 22.2. The van der Waals surface area contributed by atoms with Crippen molar-refractivity contribution >= 4 is 33.4 Å². The number of benzene rings is 3. The standard InChI is InChI=1S/C26H24ClF2N3O2S2/c1-26(2,18-5-12-22(13-6-18)36(33,34)30-3)24-15-31-25(32(24)21-10-8-19(28)9-11-21)35-16-17-4-7-20(29)14-23(17)27/h4-15,30H,16H2,1-3H3. The molecular weight excluding hydrogens is 524 g/mol. The van der Waals surface area contributed by atoms with Crippen LogP contribution in [0.4, 0.5) is 8.78 Å². The van der Waals surface area contributed by atoms with E-state index in [0.29, 0.717) is 15.9 Å². The molecule has 4 aromatic rings. The van der Waals surface area contributed by atoms with Gasteiger partial charge in [0.1, 0.15) is 11.6 Å². The Bertz CT molecular complexity index is 1490. The van der Waals surface area contributed by atoms with Crippen LogP contribution in [-0.4, -0.2) is 25.0 Å². The minimum Gasteiger partial charge on any atom is -0.291 e. The van der Waals surface area contributed by atoms with E-state index < -0.39 is 21.3 Å². The zero-order valence-electron chi connectivity index (χ0n) is 19.8. The molecule has 0 radical (unpaired) electrons. The molecule has 0 fully saturated rings. The maximum Gasteiger partial charge on any atom is 0.240 e. The summed E-state index contributed by atoms with van der Waals surface area (Å²) in [6.45, 7) is 4.02. The molecule has 10 heteroatoms. The van der Waals surface area contributed by atoms with Crippen molar-refractivity contribution in [3.05, 3.63) is 106 Å². The third kappa shape index (κ3) is 5.34. The van der Waals surface area contributed by atoms with Crippen molar-refractivity contribution in [1.29, 1.82) is 0 Å². The lowest BCUT2D eigenvalue weighted by atomic mass is 9.81. The van der Waals surface area contributed by atoms with Crippen molar-refractivity contribution in [2.24, 2.45) is 0 Å². The fourth-order valence-corrected chi connectivity index (χ4v) is 5.85. The van der Waals surface area contributed by atoms with Gasteiger partial charge in [0.15, 0.2) is 5.16 Å². The lowest BCUT2D eigenvalue weighted by Crippen LogP contribution is -2.24. The van der Waals surface area contributed by atoms with E-state index >= 15 is 0 Å². The zero-order chi connectivity index (χ0) is 26.1. The number of rotatable bonds is 8. The summed E-state index contributed by atoms with van der Waals surface area (Å²) in [5, 5.41) is 0.985. The van der Waals surface area contributed by atoms with Gasteiger partial charge in [0, 0.05) is 21.9 Å². The second-order valence-electron chi connectivity index (χ2n) is 8.62.